The Morgan fingerprint density at radius 1 is 1.13 bits per heavy atom. The van der Waals surface area contributed by atoms with Crippen molar-refractivity contribution in [2.45, 2.75) is 58.5 Å². The molecule has 0 unspecified atom stereocenters. The Morgan fingerprint density at radius 3 is 2.39 bits per heavy atom. The Hall–Kier alpha value is -1.55. The lowest BCUT2D eigenvalue weighted by molar-refractivity contribution is -0.133. The summed E-state index contributed by atoms with van der Waals surface area (Å²) in [7, 11) is 3.86. The molecule has 1 aromatic carbocycles. The number of aromatic hydroxyl groups is 1. The number of amides is 1. The maximum atomic E-state index is 12.5. The summed E-state index contributed by atoms with van der Waals surface area (Å²) in [5.74, 6) is 0.482. The first-order chi connectivity index (χ1) is 10.9. The minimum atomic E-state index is 0.169. The molecule has 4 heteroatoms. The quantitative estimate of drug-likeness (QED) is 0.906. The molecule has 0 radical (unpaired) electrons. The largest absolute Gasteiger partial charge is 0.508 e. The van der Waals surface area contributed by atoms with Crippen molar-refractivity contribution in [1.29, 1.82) is 0 Å². The van der Waals surface area contributed by atoms with E-state index in [4.69, 9.17) is 0 Å². The number of nitrogens with zero attached hydrogens (tertiary/aromatic N) is 2. The molecule has 0 aromatic heterocycles. The first-order valence-electron chi connectivity index (χ1n) is 8.61. The van der Waals surface area contributed by atoms with Crippen LogP contribution in [0, 0.1) is 13.8 Å². The fourth-order valence-corrected chi connectivity index (χ4v) is 3.35. The maximum Gasteiger partial charge on any atom is 0.236 e. The zero-order valence-corrected chi connectivity index (χ0v) is 14.9. The number of likely N-dealkylation sites (N-methyl/N-ethyl adjacent to an activating group) is 2. The molecule has 1 fully saturated rings. The molecular weight excluding hydrogens is 288 g/mol. The SMILES string of the molecule is Cc1cc(O)c(CN(C)CC(=O)N(C)C2CCCCC2)cc1C. The maximum absolute atomic E-state index is 12.5. The van der Waals surface area contributed by atoms with Crippen LogP contribution in [0.15, 0.2) is 12.1 Å². The molecule has 0 bridgehead atoms. The highest BCUT2D eigenvalue weighted by atomic mass is 16.3. The van der Waals surface area contributed by atoms with Gasteiger partial charge in [0.05, 0.1) is 6.54 Å². The highest BCUT2D eigenvalue weighted by Gasteiger charge is 2.22. The van der Waals surface area contributed by atoms with E-state index in [1.807, 2.05) is 43.8 Å². The van der Waals surface area contributed by atoms with Crippen LogP contribution in [-0.2, 0) is 11.3 Å². The van der Waals surface area contributed by atoms with Gasteiger partial charge in [0, 0.05) is 25.2 Å². The molecule has 1 amide bonds. The summed E-state index contributed by atoms with van der Waals surface area (Å²) in [5.41, 5.74) is 3.13. The second-order valence-corrected chi connectivity index (χ2v) is 7.03. The zero-order valence-electron chi connectivity index (χ0n) is 14.9. The predicted molar refractivity (Wildman–Crippen MR) is 93.6 cm³/mol. The van der Waals surface area contributed by atoms with Gasteiger partial charge in [0.15, 0.2) is 0 Å². The van der Waals surface area contributed by atoms with Crippen molar-refractivity contribution in [2.75, 3.05) is 20.6 Å². The van der Waals surface area contributed by atoms with Crippen molar-refractivity contribution in [2.24, 2.45) is 0 Å². The van der Waals surface area contributed by atoms with Crippen LogP contribution >= 0.6 is 0 Å². The van der Waals surface area contributed by atoms with Crippen molar-refractivity contribution in [3.05, 3.63) is 28.8 Å². The van der Waals surface area contributed by atoms with Gasteiger partial charge in [0.25, 0.3) is 0 Å². The Morgan fingerprint density at radius 2 is 1.74 bits per heavy atom. The fourth-order valence-electron chi connectivity index (χ4n) is 3.35. The smallest absolute Gasteiger partial charge is 0.236 e. The zero-order chi connectivity index (χ0) is 17.0. The topological polar surface area (TPSA) is 43.8 Å². The van der Waals surface area contributed by atoms with E-state index in [0.29, 0.717) is 24.9 Å². The van der Waals surface area contributed by atoms with Crippen molar-refractivity contribution in [3.8, 4) is 5.75 Å². The van der Waals surface area contributed by atoms with E-state index in [1.165, 1.54) is 19.3 Å². The lowest BCUT2D eigenvalue weighted by Gasteiger charge is -2.32. The third-order valence-corrected chi connectivity index (χ3v) is 5.06. The number of carbonyl (C=O) groups excluding carboxylic acids is 1. The molecule has 1 aliphatic carbocycles. The summed E-state index contributed by atoms with van der Waals surface area (Å²) in [6.45, 7) is 5.00. The average molecular weight is 318 g/mol. The molecule has 128 valence electrons. The fraction of sp³-hybridized carbons (Fsp3) is 0.632. The van der Waals surface area contributed by atoms with Gasteiger partial charge in [-0.3, -0.25) is 9.69 Å². The number of benzene rings is 1. The van der Waals surface area contributed by atoms with Gasteiger partial charge in [0.1, 0.15) is 5.75 Å². The Bertz CT molecular complexity index is 551. The minimum absolute atomic E-state index is 0.169. The van der Waals surface area contributed by atoms with Crippen molar-refractivity contribution < 1.29 is 9.90 Å². The average Bonchev–Trinajstić information content (AvgIpc) is 2.52. The van der Waals surface area contributed by atoms with Gasteiger partial charge in [-0.05, 0) is 50.9 Å². The van der Waals surface area contributed by atoms with E-state index in [1.54, 1.807) is 6.07 Å². The Labute approximate surface area is 140 Å². The van der Waals surface area contributed by atoms with Crippen LogP contribution in [0.4, 0.5) is 0 Å². The third-order valence-electron chi connectivity index (χ3n) is 5.06. The molecule has 23 heavy (non-hydrogen) atoms. The molecule has 4 nitrogen and oxygen atoms in total. The molecule has 0 heterocycles. The minimum Gasteiger partial charge on any atom is -0.508 e. The molecule has 0 spiro atoms. The van der Waals surface area contributed by atoms with Crippen LogP contribution in [-0.4, -0.2) is 47.5 Å². The van der Waals surface area contributed by atoms with Gasteiger partial charge in [-0.2, -0.15) is 0 Å². The molecule has 1 saturated carbocycles. The van der Waals surface area contributed by atoms with E-state index < -0.39 is 0 Å². The van der Waals surface area contributed by atoms with Crippen LogP contribution in [0.1, 0.15) is 48.8 Å². The van der Waals surface area contributed by atoms with Crippen LogP contribution in [0.25, 0.3) is 0 Å². The lowest BCUT2D eigenvalue weighted by atomic mass is 9.94. The van der Waals surface area contributed by atoms with Crippen LogP contribution < -0.4 is 0 Å². The monoisotopic (exact) mass is 318 g/mol. The van der Waals surface area contributed by atoms with E-state index in [-0.39, 0.29) is 5.91 Å². The first kappa shape index (κ1) is 17.8. The Kier molecular flexibility index (Phi) is 6.05. The second kappa shape index (κ2) is 7.82. The van der Waals surface area contributed by atoms with E-state index in [2.05, 4.69) is 0 Å². The summed E-state index contributed by atoms with van der Waals surface area (Å²) < 4.78 is 0. The van der Waals surface area contributed by atoms with Crippen molar-refractivity contribution >= 4 is 5.91 Å². The number of rotatable bonds is 5. The van der Waals surface area contributed by atoms with Gasteiger partial charge in [-0.25, -0.2) is 0 Å². The van der Waals surface area contributed by atoms with Crippen molar-refractivity contribution in [1.82, 2.24) is 9.80 Å². The summed E-state index contributed by atoms with van der Waals surface area (Å²) in [5, 5.41) is 10.1. The number of phenolic OH excluding ortho intramolecular Hbond substituents is 1. The molecule has 1 aliphatic rings. The van der Waals surface area contributed by atoms with Gasteiger partial charge in [0.2, 0.25) is 5.91 Å². The summed E-state index contributed by atoms with van der Waals surface area (Å²) in [4.78, 5) is 16.4. The number of hydrogen-bond acceptors (Lipinski definition) is 3. The lowest BCUT2D eigenvalue weighted by Crippen LogP contribution is -2.43. The van der Waals surface area contributed by atoms with Crippen LogP contribution in [0.2, 0.25) is 0 Å². The summed E-state index contributed by atoms with van der Waals surface area (Å²) in [6, 6.07) is 4.21. The molecule has 0 aliphatic heterocycles. The number of aryl methyl sites for hydroxylation is 2. The van der Waals surface area contributed by atoms with Gasteiger partial charge in [-0.15, -0.1) is 0 Å². The predicted octanol–water partition coefficient (Wildman–Crippen LogP) is 3.23. The molecule has 1 N–H and O–H groups in total. The number of carbonyl (C=O) groups is 1. The van der Waals surface area contributed by atoms with E-state index in [0.717, 1.165) is 29.5 Å². The summed E-state index contributed by atoms with van der Waals surface area (Å²) in [6.07, 6.45) is 6.02. The van der Waals surface area contributed by atoms with Gasteiger partial charge < -0.3 is 10.0 Å². The van der Waals surface area contributed by atoms with Gasteiger partial charge in [-0.1, -0.05) is 25.3 Å². The number of hydrogen-bond donors (Lipinski definition) is 1. The molecule has 0 atom stereocenters. The van der Waals surface area contributed by atoms with Crippen LogP contribution in [0.5, 0.6) is 5.75 Å². The first-order valence-corrected chi connectivity index (χ1v) is 8.61. The van der Waals surface area contributed by atoms with Gasteiger partial charge >= 0.3 is 0 Å². The van der Waals surface area contributed by atoms with E-state index >= 15 is 0 Å². The normalized spacial score (nSPS) is 15.9. The molecular formula is C19H30N2O2. The Balaban J connectivity index is 1.92. The van der Waals surface area contributed by atoms with Crippen molar-refractivity contribution in [3.63, 3.8) is 0 Å². The van der Waals surface area contributed by atoms with E-state index in [9.17, 15) is 9.90 Å². The molecule has 0 saturated heterocycles. The highest BCUT2D eigenvalue weighted by molar-refractivity contribution is 5.78. The molecule has 2 rings (SSSR count). The third kappa shape index (κ3) is 4.71. The van der Waals surface area contributed by atoms with Crippen LogP contribution in [0.3, 0.4) is 0 Å². The molecule has 1 aromatic rings. The highest BCUT2D eigenvalue weighted by Crippen LogP contribution is 2.24. The standard InChI is InChI=1S/C19H30N2O2/c1-14-10-16(18(22)11-15(14)2)12-20(3)13-19(23)21(4)17-8-6-5-7-9-17/h10-11,17,22H,5-9,12-13H2,1-4H3. The second-order valence-electron chi connectivity index (χ2n) is 7.03. The number of phenols is 1. The summed E-state index contributed by atoms with van der Waals surface area (Å²) >= 11 is 0.